The summed E-state index contributed by atoms with van der Waals surface area (Å²) in [4.78, 5) is 13.5. The lowest BCUT2D eigenvalue weighted by atomic mass is 9.97. The van der Waals surface area contributed by atoms with Crippen molar-refractivity contribution in [1.82, 2.24) is 10.2 Å². The number of hydrogen-bond acceptors (Lipinski definition) is 3. The fraction of sp³-hybridized carbons (Fsp3) is 0.889. The number of piperazine rings is 1. The van der Waals surface area contributed by atoms with Crippen LogP contribution in [0, 0.1) is 0 Å². The van der Waals surface area contributed by atoms with Gasteiger partial charge in [-0.25, -0.2) is 0 Å². The second-order valence-electron chi connectivity index (χ2n) is 4.01. The molecule has 0 saturated carbocycles. The molecular formula is C9H18N2O2. The van der Waals surface area contributed by atoms with Crippen molar-refractivity contribution < 1.29 is 9.90 Å². The maximum atomic E-state index is 11.7. The van der Waals surface area contributed by atoms with E-state index < -0.39 is 6.04 Å². The van der Waals surface area contributed by atoms with E-state index in [1.807, 2.05) is 25.7 Å². The molecule has 2 N–H and O–H groups in total. The quantitative estimate of drug-likeness (QED) is 0.615. The minimum absolute atomic E-state index is 0.00116. The van der Waals surface area contributed by atoms with E-state index in [-0.39, 0.29) is 18.1 Å². The Hall–Kier alpha value is -0.610. The zero-order valence-corrected chi connectivity index (χ0v) is 8.50. The first-order valence-corrected chi connectivity index (χ1v) is 4.68. The molecule has 1 heterocycles. The van der Waals surface area contributed by atoms with Gasteiger partial charge < -0.3 is 15.3 Å². The molecule has 13 heavy (non-hydrogen) atoms. The highest BCUT2D eigenvalue weighted by atomic mass is 16.3. The van der Waals surface area contributed by atoms with Gasteiger partial charge in [-0.1, -0.05) is 0 Å². The number of amides is 1. The molecule has 1 unspecified atom stereocenters. The minimum atomic E-state index is -0.409. The second-order valence-corrected chi connectivity index (χ2v) is 4.01. The Balaban J connectivity index is 2.78. The van der Waals surface area contributed by atoms with Crippen LogP contribution in [0.25, 0.3) is 0 Å². The summed E-state index contributed by atoms with van der Waals surface area (Å²) in [5, 5.41) is 12.0. The van der Waals surface area contributed by atoms with Crippen molar-refractivity contribution in [2.75, 3.05) is 19.7 Å². The van der Waals surface area contributed by atoms with Gasteiger partial charge in [-0.3, -0.25) is 4.79 Å². The molecule has 0 aromatic carbocycles. The second kappa shape index (κ2) is 3.64. The van der Waals surface area contributed by atoms with Crippen LogP contribution in [0.2, 0.25) is 0 Å². The zero-order chi connectivity index (χ0) is 10.1. The third kappa shape index (κ3) is 1.84. The molecule has 1 atom stereocenters. The van der Waals surface area contributed by atoms with Crippen molar-refractivity contribution in [3.63, 3.8) is 0 Å². The molecule has 1 saturated heterocycles. The number of carbonyl (C=O) groups is 1. The first-order valence-electron chi connectivity index (χ1n) is 4.68. The topological polar surface area (TPSA) is 52.6 Å². The van der Waals surface area contributed by atoms with Gasteiger partial charge in [-0.15, -0.1) is 0 Å². The van der Waals surface area contributed by atoms with Crippen molar-refractivity contribution in [3.8, 4) is 0 Å². The van der Waals surface area contributed by atoms with Crippen LogP contribution in [0.3, 0.4) is 0 Å². The van der Waals surface area contributed by atoms with E-state index in [0.29, 0.717) is 6.54 Å². The fourth-order valence-electron chi connectivity index (χ4n) is 1.77. The Bertz CT molecular complexity index is 204. The molecule has 0 aromatic rings. The lowest BCUT2D eigenvalue weighted by molar-refractivity contribution is -0.143. The van der Waals surface area contributed by atoms with Crippen molar-refractivity contribution in [2.45, 2.75) is 32.4 Å². The summed E-state index contributed by atoms with van der Waals surface area (Å²) in [6, 6.07) is -0.409. The van der Waals surface area contributed by atoms with Gasteiger partial charge in [-0.2, -0.15) is 0 Å². The lowest BCUT2D eigenvalue weighted by Gasteiger charge is -2.44. The molecule has 1 aliphatic rings. The van der Waals surface area contributed by atoms with Gasteiger partial charge >= 0.3 is 0 Å². The van der Waals surface area contributed by atoms with E-state index in [1.54, 1.807) is 0 Å². The van der Waals surface area contributed by atoms with Gasteiger partial charge in [0.15, 0.2) is 0 Å². The van der Waals surface area contributed by atoms with Crippen LogP contribution >= 0.6 is 0 Å². The van der Waals surface area contributed by atoms with Gasteiger partial charge in [0, 0.05) is 18.6 Å². The third-order valence-corrected chi connectivity index (χ3v) is 2.57. The largest absolute Gasteiger partial charge is 0.394 e. The Labute approximate surface area is 78.9 Å². The van der Waals surface area contributed by atoms with Gasteiger partial charge in [0.05, 0.1) is 6.61 Å². The Morgan fingerprint density at radius 3 is 2.77 bits per heavy atom. The molecular weight excluding hydrogens is 168 g/mol. The summed E-state index contributed by atoms with van der Waals surface area (Å²) < 4.78 is 0. The van der Waals surface area contributed by atoms with Gasteiger partial charge in [0.2, 0.25) is 5.91 Å². The Morgan fingerprint density at radius 2 is 2.31 bits per heavy atom. The van der Waals surface area contributed by atoms with Crippen molar-refractivity contribution in [3.05, 3.63) is 0 Å². The molecule has 1 aliphatic heterocycles. The molecule has 4 heteroatoms. The average Bonchev–Trinajstić information content (AvgIpc) is 2.04. The first-order chi connectivity index (χ1) is 6.03. The van der Waals surface area contributed by atoms with E-state index >= 15 is 0 Å². The summed E-state index contributed by atoms with van der Waals surface area (Å²) in [5.41, 5.74) is -0.141. The molecule has 76 valence electrons. The first kappa shape index (κ1) is 10.5. The number of likely N-dealkylation sites (N-methyl/N-ethyl adjacent to an activating group) is 1. The van der Waals surface area contributed by atoms with E-state index in [4.69, 9.17) is 5.11 Å². The van der Waals surface area contributed by atoms with Crippen LogP contribution in [0.4, 0.5) is 0 Å². The van der Waals surface area contributed by atoms with Crippen molar-refractivity contribution in [2.24, 2.45) is 0 Å². The number of nitrogens with one attached hydrogen (secondary N) is 1. The van der Waals surface area contributed by atoms with Crippen LogP contribution < -0.4 is 5.32 Å². The lowest BCUT2D eigenvalue weighted by Crippen LogP contribution is -2.65. The number of hydrogen-bond donors (Lipinski definition) is 2. The molecule has 0 spiro atoms. The van der Waals surface area contributed by atoms with Gasteiger partial charge in [0.1, 0.15) is 6.04 Å². The van der Waals surface area contributed by atoms with Crippen molar-refractivity contribution in [1.29, 1.82) is 0 Å². The van der Waals surface area contributed by atoms with E-state index in [0.717, 1.165) is 6.54 Å². The molecule has 0 aromatic heterocycles. The SMILES string of the molecule is CCN1C(=O)C(CO)NCC1(C)C. The molecule has 4 nitrogen and oxygen atoms in total. The van der Waals surface area contributed by atoms with Gasteiger partial charge in [-0.05, 0) is 20.8 Å². The average molecular weight is 186 g/mol. The predicted octanol–water partition coefficient (Wildman–Crippen LogP) is -0.422. The predicted molar refractivity (Wildman–Crippen MR) is 50.3 cm³/mol. The van der Waals surface area contributed by atoms with E-state index in [2.05, 4.69) is 5.32 Å². The number of nitrogens with zero attached hydrogens (tertiary/aromatic N) is 1. The summed E-state index contributed by atoms with van der Waals surface area (Å²) in [7, 11) is 0. The molecule has 0 bridgehead atoms. The standard InChI is InChI=1S/C9H18N2O2/c1-4-11-8(13)7(5-12)10-6-9(11,2)3/h7,10,12H,4-6H2,1-3H3. The normalized spacial score (nSPS) is 27.8. The zero-order valence-electron chi connectivity index (χ0n) is 8.50. The van der Waals surface area contributed by atoms with Crippen LogP contribution in [0.15, 0.2) is 0 Å². The molecule has 1 amide bonds. The molecule has 1 fully saturated rings. The maximum Gasteiger partial charge on any atom is 0.242 e. The summed E-state index contributed by atoms with van der Waals surface area (Å²) >= 11 is 0. The number of carbonyl (C=O) groups excluding carboxylic acids is 1. The van der Waals surface area contributed by atoms with Crippen LogP contribution in [0.5, 0.6) is 0 Å². The fourth-order valence-corrected chi connectivity index (χ4v) is 1.77. The Morgan fingerprint density at radius 1 is 1.69 bits per heavy atom. The number of rotatable bonds is 2. The van der Waals surface area contributed by atoms with Gasteiger partial charge in [0.25, 0.3) is 0 Å². The van der Waals surface area contributed by atoms with Crippen molar-refractivity contribution >= 4 is 5.91 Å². The highest BCUT2D eigenvalue weighted by Gasteiger charge is 2.38. The third-order valence-electron chi connectivity index (χ3n) is 2.57. The highest BCUT2D eigenvalue weighted by molar-refractivity contribution is 5.83. The van der Waals surface area contributed by atoms with E-state index in [9.17, 15) is 4.79 Å². The minimum Gasteiger partial charge on any atom is -0.394 e. The monoisotopic (exact) mass is 186 g/mol. The Kier molecular flexibility index (Phi) is 2.93. The summed E-state index contributed by atoms with van der Waals surface area (Å²) in [6.07, 6.45) is 0. The van der Waals surface area contributed by atoms with Crippen LogP contribution in [0.1, 0.15) is 20.8 Å². The molecule has 1 rings (SSSR count). The smallest absolute Gasteiger partial charge is 0.242 e. The molecule has 0 aliphatic carbocycles. The maximum absolute atomic E-state index is 11.7. The van der Waals surface area contributed by atoms with Crippen LogP contribution in [-0.4, -0.2) is 47.2 Å². The summed E-state index contributed by atoms with van der Waals surface area (Å²) in [6.45, 7) is 7.32. The highest BCUT2D eigenvalue weighted by Crippen LogP contribution is 2.18. The number of aliphatic hydroxyl groups excluding tert-OH is 1. The van der Waals surface area contributed by atoms with E-state index in [1.165, 1.54) is 0 Å². The number of aliphatic hydroxyl groups is 1. The summed E-state index contributed by atoms with van der Waals surface area (Å²) in [5.74, 6) is 0.00116. The van der Waals surface area contributed by atoms with Crippen LogP contribution in [-0.2, 0) is 4.79 Å². The molecule has 0 radical (unpaired) electrons.